The monoisotopic (exact) mass is 604 g/mol. The highest BCUT2D eigenvalue weighted by molar-refractivity contribution is 7.86. The number of hydrogen-bond acceptors (Lipinski definition) is 8. The molecular weight excluding hydrogens is 574 g/mol. The van der Waals surface area contributed by atoms with Crippen LogP contribution in [0.1, 0.15) is 71.4 Å². The highest BCUT2D eigenvalue weighted by Gasteiger charge is 2.52. The second-order valence-electron chi connectivity index (χ2n) is 10.1. The predicted octanol–water partition coefficient (Wildman–Crippen LogP) is 6.00. The average Bonchev–Trinajstić information content (AvgIpc) is 2.86. The van der Waals surface area contributed by atoms with Gasteiger partial charge in [-0.1, -0.05) is 35.4 Å². The molecule has 0 saturated heterocycles. The molecule has 1 atom stereocenters. The molecular formula is C30H30F2O9S. The first-order valence-corrected chi connectivity index (χ1v) is 14.1. The Kier molecular flexibility index (Phi) is 9.23. The van der Waals surface area contributed by atoms with Crippen molar-refractivity contribution >= 4 is 28.0 Å². The van der Waals surface area contributed by atoms with E-state index < -0.39 is 44.9 Å². The van der Waals surface area contributed by atoms with E-state index in [4.69, 9.17) is 14.0 Å². The van der Waals surface area contributed by atoms with Gasteiger partial charge in [0.25, 0.3) is 0 Å². The minimum Gasteiger partial charge on any atom is -0.451 e. The third-order valence-electron chi connectivity index (χ3n) is 6.34. The van der Waals surface area contributed by atoms with Crippen LogP contribution in [0.5, 0.6) is 11.5 Å². The Balaban J connectivity index is 2.06. The molecule has 0 amide bonds. The number of rotatable bonds is 8. The zero-order valence-electron chi connectivity index (χ0n) is 24.0. The Bertz CT molecular complexity index is 1560. The fraction of sp³-hybridized carbons (Fsp3) is 0.300. The summed E-state index contributed by atoms with van der Waals surface area (Å²) in [5.74, 6) is -2.97. The quantitative estimate of drug-likeness (QED) is 0.187. The van der Waals surface area contributed by atoms with Gasteiger partial charge in [0.05, 0.1) is 16.7 Å². The number of alkyl halides is 2. The Hall–Kier alpha value is -4.16. The van der Waals surface area contributed by atoms with Crippen molar-refractivity contribution in [1.82, 2.24) is 0 Å². The minimum atomic E-state index is -5.92. The number of hydrogen-bond donors (Lipinski definition) is 1. The number of carbonyl (C=O) groups excluding carboxylic acids is 3. The summed E-state index contributed by atoms with van der Waals surface area (Å²) in [6.45, 7) is 11.2. The number of carbonyl (C=O) groups is 3. The first kappa shape index (κ1) is 32.4. The van der Waals surface area contributed by atoms with Crippen LogP contribution in [0.15, 0.2) is 42.5 Å². The van der Waals surface area contributed by atoms with E-state index in [2.05, 4.69) is 4.74 Å². The molecule has 0 heterocycles. The van der Waals surface area contributed by atoms with E-state index in [1.807, 2.05) is 13.8 Å². The molecule has 3 aromatic carbocycles. The van der Waals surface area contributed by atoms with E-state index in [9.17, 15) is 31.6 Å². The van der Waals surface area contributed by atoms with Crippen molar-refractivity contribution in [2.75, 3.05) is 0 Å². The molecule has 0 bridgehead atoms. The molecule has 12 heteroatoms. The van der Waals surface area contributed by atoms with E-state index in [1.54, 1.807) is 52.0 Å². The molecule has 0 aromatic heterocycles. The lowest BCUT2D eigenvalue weighted by atomic mass is 10.0. The van der Waals surface area contributed by atoms with Crippen LogP contribution in [0, 0.1) is 41.5 Å². The zero-order valence-corrected chi connectivity index (χ0v) is 24.8. The number of ether oxygens (including phenoxy) is 3. The average molecular weight is 605 g/mol. The van der Waals surface area contributed by atoms with Gasteiger partial charge in [-0.2, -0.15) is 17.2 Å². The SMILES string of the molecule is Cc1cc(C)c(OC(=O)c2cc(C(=O)Oc3c(C)cc(C)cc3C)cc(C(=O)OC(C)C(F)(F)S(=O)(=O)O)c2)c(C)c1. The zero-order chi connectivity index (χ0) is 31.7. The summed E-state index contributed by atoms with van der Waals surface area (Å²) in [5, 5.41) is -4.83. The second-order valence-corrected chi connectivity index (χ2v) is 11.6. The summed E-state index contributed by atoms with van der Waals surface area (Å²) in [5.41, 5.74) is 3.23. The molecule has 3 rings (SSSR count). The predicted molar refractivity (Wildman–Crippen MR) is 149 cm³/mol. The van der Waals surface area contributed by atoms with Gasteiger partial charge in [0.2, 0.25) is 0 Å². The van der Waals surface area contributed by atoms with Crippen molar-refractivity contribution in [2.24, 2.45) is 0 Å². The van der Waals surface area contributed by atoms with Crippen molar-refractivity contribution < 1.29 is 50.3 Å². The van der Waals surface area contributed by atoms with E-state index >= 15 is 0 Å². The molecule has 3 aromatic rings. The standard InChI is InChI=1S/C30H30F2O9S/c1-15-8-17(3)25(18(4)9-15)40-28(34)23-12-22(27(33)39-21(7)30(31,32)42(36,37)38)13-24(14-23)29(35)41-26-19(5)10-16(2)11-20(26)6/h8-14,21H,1-7H3,(H,36,37,38). The Morgan fingerprint density at radius 3 is 1.29 bits per heavy atom. The molecule has 224 valence electrons. The van der Waals surface area contributed by atoms with Gasteiger partial charge in [-0.25, -0.2) is 14.4 Å². The van der Waals surface area contributed by atoms with Gasteiger partial charge in [0, 0.05) is 0 Å². The highest BCUT2D eigenvalue weighted by Crippen LogP contribution is 2.30. The minimum absolute atomic E-state index is 0.245. The van der Waals surface area contributed by atoms with Crippen molar-refractivity contribution in [3.8, 4) is 11.5 Å². The summed E-state index contributed by atoms with van der Waals surface area (Å²) < 4.78 is 74.8. The van der Waals surface area contributed by atoms with Crippen LogP contribution < -0.4 is 9.47 Å². The second kappa shape index (κ2) is 12.0. The normalized spacial score (nSPS) is 12.4. The van der Waals surface area contributed by atoms with E-state index in [0.29, 0.717) is 29.2 Å². The highest BCUT2D eigenvalue weighted by atomic mass is 32.2. The van der Waals surface area contributed by atoms with Gasteiger partial charge in [-0.3, -0.25) is 4.55 Å². The summed E-state index contributed by atoms with van der Waals surface area (Å²) >= 11 is 0. The third kappa shape index (κ3) is 7.00. The van der Waals surface area contributed by atoms with Crippen molar-refractivity contribution in [3.63, 3.8) is 0 Å². The fourth-order valence-corrected chi connectivity index (χ4v) is 4.91. The van der Waals surface area contributed by atoms with Gasteiger partial charge in [-0.05, 0) is 88.9 Å². The Labute approximate surface area is 242 Å². The van der Waals surface area contributed by atoms with Gasteiger partial charge < -0.3 is 14.2 Å². The first-order chi connectivity index (χ1) is 19.3. The molecule has 0 aliphatic heterocycles. The summed E-state index contributed by atoms with van der Waals surface area (Å²) in [6, 6.07) is 10.1. The van der Waals surface area contributed by atoms with Crippen LogP contribution in [-0.2, 0) is 14.9 Å². The third-order valence-corrected chi connectivity index (χ3v) is 7.36. The number of aryl methyl sites for hydroxylation is 6. The lowest BCUT2D eigenvalue weighted by molar-refractivity contribution is -0.0550. The van der Waals surface area contributed by atoms with E-state index in [0.717, 1.165) is 29.3 Å². The van der Waals surface area contributed by atoms with Gasteiger partial charge in [-0.15, -0.1) is 0 Å². The smallest absolute Gasteiger partial charge is 0.405 e. The largest absolute Gasteiger partial charge is 0.451 e. The summed E-state index contributed by atoms with van der Waals surface area (Å²) in [6.07, 6.45) is -2.62. The molecule has 0 spiro atoms. The Morgan fingerprint density at radius 1 is 0.667 bits per heavy atom. The van der Waals surface area contributed by atoms with Crippen molar-refractivity contribution in [2.45, 2.75) is 59.8 Å². The lowest BCUT2D eigenvalue weighted by Gasteiger charge is -2.21. The van der Waals surface area contributed by atoms with E-state index in [1.165, 1.54) is 0 Å². The molecule has 1 N–H and O–H groups in total. The molecule has 1 unspecified atom stereocenters. The summed E-state index contributed by atoms with van der Waals surface area (Å²) in [4.78, 5) is 39.3. The van der Waals surface area contributed by atoms with Crippen molar-refractivity contribution in [1.29, 1.82) is 0 Å². The molecule has 0 saturated carbocycles. The first-order valence-electron chi connectivity index (χ1n) is 12.6. The molecule has 0 aliphatic carbocycles. The van der Waals surface area contributed by atoms with Crippen molar-refractivity contribution in [3.05, 3.63) is 92.5 Å². The molecule has 0 fully saturated rings. The molecule has 0 radical (unpaired) electrons. The van der Waals surface area contributed by atoms with Gasteiger partial charge in [0.15, 0.2) is 6.10 Å². The number of halogens is 2. The maximum absolute atomic E-state index is 14.0. The number of benzene rings is 3. The molecule has 42 heavy (non-hydrogen) atoms. The maximum atomic E-state index is 14.0. The topological polar surface area (TPSA) is 133 Å². The van der Waals surface area contributed by atoms with Crippen LogP contribution in [0.2, 0.25) is 0 Å². The van der Waals surface area contributed by atoms with Crippen LogP contribution >= 0.6 is 0 Å². The Morgan fingerprint density at radius 2 is 0.976 bits per heavy atom. The molecule has 9 nitrogen and oxygen atoms in total. The fourth-order valence-electron chi connectivity index (χ4n) is 4.45. The van der Waals surface area contributed by atoms with Crippen LogP contribution in [0.3, 0.4) is 0 Å². The van der Waals surface area contributed by atoms with Crippen LogP contribution in [0.25, 0.3) is 0 Å². The molecule has 0 aliphatic rings. The number of esters is 3. The van der Waals surface area contributed by atoms with Gasteiger partial charge in [0.1, 0.15) is 11.5 Å². The van der Waals surface area contributed by atoms with Crippen LogP contribution in [-0.4, -0.2) is 42.2 Å². The maximum Gasteiger partial charge on any atom is 0.405 e. The van der Waals surface area contributed by atoms with Crippen LogP contribution in [0.4, 0.5) is 8.78 Å². The summed E-state index contributed by atoms with van der Waals surface area (Å²) in [7, 11) is -5.92. The lowest BCUT2D eigenvalue weighted by Crippen LogP contribution is -2.42. The van der Waals surface area contributed by atoms with Gasteiger partial charge >= 0.3 is 33.3 Å². The van der Waals surface area contributed by atoms with E-state index in [-0.39, 0.29) is 22.6 Å².